The number of likely N-dealkylation sites (N-methyl/N-ethyl adjacent to an activating group) is 1. The van der Waals surface area contributed by atoms with Crippen LogP contribution in [-0.2, 0) is 0 Å². The third kappa shape index (κ3) is 5.07. The van der Waals surface area contributed by atoms with Crippen LogP contribution in [0.3, 0.4) is 0 Å². The molecule has 0 amide bonds. The Morgan fingerprint density at radius 1 is 1.22 bits per heavy atom. The first kappa shape index (κ1) is 15.0. The van der Waals surface area contributed by atoms with Gasteiger partial charge in [-0.1, -0.05) is 32.9 Å². The molecule has 0 fully saturated rings. The van der Waals surface area contributed by atoms with Crippen molar-refractivity contribution in [2.24, 2.45) is 0 Å². The van der Waals surface area contributed by atoms with Gasteiger partial charge in [0, 0.05) is 6.54 Å². The Labute approximate surface area is 110 Å². The van der Waals surface area contributed by atoms with Crippen LogP contribution in [0.1, 0.15) is 38.7 Å². The van der Waals surface area contributed by atoms with Crippen molar-refractivity contribution in [1.82, 2.24) is 5.32 Å². The molecule has 1 aromatic rings. The molecule has 1 rings (SSSR count). The first-order chi connectivity index (χ1) is 8.67. The highest BCUT2D eigenvalue weighted by molar-refractivity contribution is 5.29. The molecule has 0 radical (unpaired) electrons. The summed E-state index contributed by atoms with van der Waals surface area (Å²) in [5, 5.41) is 12.7. The number of ether oxygens (including phenoxy) is 1. The van der Waals surface area contributed by atoms with E-state index in [1.807, 2.05) is 19.1 Å². The van der Waals surface area contributed by atoms with Crippen LogP contribution in [0.2, 0.25) is 0 Å². The Balaban J connectivity index is 2.39. The summed E-state index contributed by atoms with van der Waals surface area (Å²) >= 11 is 0. The normalized spacial score (nSPS) is 14.2. The largest absolute Gasteiger partial charge is 0.491 e. The number of rotatable bonds is 8. The van der Waals surface area contributed by atoms with Crippen LogP contribution in [-0.4, -0.2) is 30.9 Å². The second-order valence-electron chi connectivity index (χ2n) is 4.65. The second kappa shape index (κ2) is 8.11. The fraction of sp³-hybridized carbons (Fsp3) is 0.600. The number of hydrogen-bond donors (Lipinski definition) is 2. The molecule has 2 atom stereocenters. The first-order valence-electron chi connectivity index (χ1n) is 6.78. The Bertz CT molecular complexity index is 324. The van der Waals surface area contributed by atoms with Crippen LogP contribution >= 0.6 is 0 Å². The molecule has 0 aliphatic rings. The molecule has 1 aromatic carbocycles. The molecule has 0 bridgehead atoms. The van der Waals surface area contributed by atoms with Crippen molar-refractivity contribution in [2.45, 2.75) is 39.2 Å². The van der Waals surface area contributed by atoms with Crippen molar-refractivity contribution >= 4 is 0 Å². The van der Waals surface area contributed by atoms with Crippen LogP contribution in [0.15, 0.2) is 24.3 Å². The monoisotopic (exact) mass is 251 g/mol. The lowest BCUT2D eigenvalue weighted by Gasteiger charge is -2.14. The third-order valence-electron chi connectivity index (χ3n) is 3.13. The van der Waals surface area contributed by atoms with Crippen LogP contribution in [0.25, 0.3) is 0 Å². The topological polar surface area (TPSA) is 41.5 Å². The zero-order valence-corrected chi connectivity index (χ0v) is 11.6. The Hall–Kier alpha value is -1.06. The van der Waals surface area contributed by atoms with E-state index in [0.29, 0.717) is 19.1 Å². The number of aliphatic hydroxyl groups excluding tert-OH is 1. The minimum absolute atomic E-state index is 0.329. The SMILES string of the molecule is CCNCC(O)COc1ccc(C(C)CC)cc1. The quantitative estimate of drug-likeness (QED) is 0.746. The second-order valence-corrected chi connectivity index (χ2v) is 4.65. The molecule has 0 aliphatic carbocycles. The Morgan fingerprint density at radius 2 is 1.89 bits per heavy atom. The average molecular weight is 251 g/mol. The third-order valence-corrected chi connectivity index (χ3v) is 3.13. The van der Waals surface area contributed by atoms with Gasteiger partial charge in [0.15, 0.2) is 0 Å². The van der Waals surface area contributed by atoms with E-state index in [1.54, 1.807) is 0 Å². The molecular formula is C15H25NO2. The van der Waals surface area contributed by atoms with Crippen molar-refractivity contribution in [3.63, 3.8) is 0 Å². The van der Waals surface area contributed by atoms with Gasteiger partial charge in [-0.25, -0.2) is 0 Å². The molecule has 2 N–H and O–H groups in total. The van der Waals surface area contributed by atoms with Gasteiger partial charge < -0.3 is 15.2 Å². The zero-order chi connectivity index (χ0) is 13.4. The number of hydrogen-bond acceptors (Lipinski definition) is 3. The predicted octanol–water partition coefficient (Wildman–Crippen LogP) is 2.55. The smallest absolute Gasteiger partial charge is 0.119 e. The number of benzene rings is 1. The number of nitrogens with one attached hydrogen (secondary N) is 1. The molecule has 18 heavy (non-hydrogen) atoms. The molecular weight excluding hydrogens is 226 g/mol. The van der Waals surface area contributed by atoms with Gasteiger partial charge in [-0.05, 0) is 36.6 Å². The molecule has 0 aromatic heterocycles. The zero-order valence-electron chi connectivity index (χ0n) is 11.6. The van der Waals surface area contributed by atoms with E-state index < -0.39 is 6.10 Å². The summed E-state index contributed by atoms with van der Waals surface area (Å²) in [6.45, 7) is 8.18. The molecule has 2 unspecified atom stereocenters. The molecule has 0 spiro atoms. The van der Waals surface area contributed by atoms with E-state index in [-0.39, 0.29) is 0 Å². The van der Waals surface area contributed by atoms with E-state index in [4.69, 9.17) is 4.74 Å². The molecule has 102 valence electrons. The van der Waals surface area contributed by atoms with Gasteiger partial charge in [-0.3, -0.25) is 0 Å². The van der Waals surface area contributed by atoms with Crippen LogP contribution < -0.4 is 10.1 Å². The summed E-state index contributed by atoms with van der Waals surface area (Å²) in [4.78, 5) is 0. The summed E-state index contributed by atoms with van der Waals surface area (Å²) in [5.74, 6) is 1.40. The molecule has 0 saturated heterocycles. The minimum Gasteiger partial charge on any atom is -0.491 e. The summed E-state index contributed by atoms with van der Waals surface area (Å²) in [5.41, 5.74) is 1.33. The average Bonchev–Trinajstić information content (AvgIpc) is 2.42. The fourth-order valence-electron chi connectivity index (χ4n) is 1.69. The summed E-state index contributed by atoms with van der Waals surface area (Å²) in [6, 6.07) is 8.14. The lowest BCUT2D eigenvalue weighted by atomic mass is 9.99. The van der Waals surface area contributed by atoms with Gasteiger partial charge in [-0.15, -0.1) is 0 Å². The number of aliphatic hydroxyl groups is 1. The van der Waals surface area contributed by atoms with E-state index in [0.717, 1.165) is 18.7 Å². The van der Waals surface area contributed by atoms with Gasteiger partial charge in [0.1, 0.15) is 18.5 Å². The van der Waals surface area contributed by atoms with Gasteiger partial charge >= 0.3 is 0 Å². The molecule has 3 heteroatoms. The lowest BCUT2D eigenvalue weighted by molar-refractivity contribution is 0.107. The van der Waals surface area contributed by atoms with Gasteiger partial charge in [0.25, 0.3) is 0 Å². The highest BCUT2D eigenvalue weighted by Gasteiger charge is 2.05. The van der Waals surface area contributed by atoms with Crippen LogP contribution in [0, 0.1) is 0 Å². The molecule has 0 saturated carbocycles. The summed E-state index contributed by atoms with van der Waals surface area (Å²) < 4.78 is 5.54. The van der Waals surface area contributed by atoms with E-state index in [1.165, 1.54) is 5.56 Å². The molecule has 0 heterocycles. The minimum atomic E-state index is -0.459. The highest BCUT2D eigenvalue weighted by atomic mass is 16.5. The molecule has 3 nitrogen and oxygen atoms in total. The van der Waals surface area contributed by atoms with Crippen molar-refractivity contribution in [1.29, 1.82) is 0 Å². The Kier molecular flexibility index (Phi) is 6.76. The van der Waals surface area contributed by atoms with Gasteiger partial charge in [0.05, 0.1) is 0 Å². The van der Waals surface area contributed by atoms with Crippen molar-refractivity contribution in [2.75, 3.05) is 19.7 Å². The van der Waals surface area contributed by atoms with Crippen molar-refractivity contribution < 1.29 is 9.84 Å². The fourth-order valence-corrected chi connectivity index (χ4v) is 1.69. The standard InChI is InChI=1S/C15H25NO2/c1-4-12(3)13-6-8-15(9-7-13)18-11-14(17)10-16-5-2/h6-9,12,14,16-17H,4-5,10-11H2,1-3H3. The van der Waals surface area contributed by atoms with E-state index in [9.17, 15) is 5.11 Å². The maximum atomic E-state index is 9.63. The van der Waals surface area contributed by atoms with Crippen molar-refractivity contribution in [3.05, 3.63) is 29.8 Å². The van der Waals surface area contributed by atoms with E-state index in [2.05, 4.69) is 31.3 Å². The van der Waals surface area contributed by atoms with E-state index >= 15 is 0 Å². The van der Waals surface area contributed by atoms with Crippen LogP contribution in [0.5, 0.6) is 5.75 Å². The van der Waals surface area contributed by atoms with Crippen LogP contribution in [0.4, 0.5) is 0 Å². The van der Waals surface area contributed by atoms with Gasteiger partial charge in [0.2, 0.25) is 0 Å². The summed E-state index contributed by atoms with van der Waals surface area (Å²) in [6.07, 6.45) is 0.681. The first-order valence-corrected chi connectivity index (χ1v) is 6.78. The van der Waals surface area contributed by atoms with Crippen molar-refractivity contribution in [3.8, 4) is 5.75 Å². The lowest BCUT2D eigenvalue weighted by Crippen LogP contribution is -2.31. The summed E-state index contributed by atoms with van der Waals surface area (Å²) in [7, 11) is 0. The Morgan fingerprint density at radius 3 is 2.44 bits per heavy atom. The predicted molar refractivity (Wildman–Crippen MR) is 75.2 cm³/mol. The maximum absolute atomic E-state index is 9.63. The molecule has 0 aliphatic heterocycles. The van der Waals surface area contributed by atoms with Gasteiger partial charge in [-0.2, -0.15) is 0 Å². The maximum Gasteiger partial charge on any atom is 0.119 e. The highest BCUT2D eigenvalue weighted by Crippen LogP contribution is 2.21.